The second kappa shape index (κ2) is 7.90. The van der Waals surface area contributed by atoms with Crippen molar-refractivity contribution in [2.45, 2.75) is 53.4 Å². The van der Waals surface area contributed by atoms with E-state index in [1.807, 2.05) is 30.3 Å². The van der Waals surface area contributed by atoms with Gasteiger partial charge in [-0.15, -0.1) is 15.0 Å². The van der Waals surface area contributed by atoms with Gasteiger partial charge in [0.25, 0.3) is 0 Å². The van der Waals surface area contributed by atoms with E-state index in [4.69, 9.17) is 0 Å². The number of aromatic nitrogens is 3. The molecule has 26 heavy (non-hydrogen) atoms. The molecular weight excluding hydrogens is 322 g/mol. The summed E-state index contributed by atoms with van der Waals surface area (Å²) in [4.78, 5) is 1.58. The molecule has 0 amide bonds. The van der Waals surface area contributed by atoms with Crippen molar-refractivity contribution in [3.63, 3.8) is 0 Å². The van der Waals surface area contributed by atoms with Gasteiger partial charge in [0.1, 0.15) is 22.5 Å². The highest BCUT2D eigenvalue weighted by atomic mass is 16.3. The predicted octanol–water partition coefficient (Wildman–Crippen LogP) is 5.30. The van der Waals surface area contributed by atoms with E-state index in [1.165, 1.54) is 5.56 Å². The third kappa shape index (κ3) is 3.90. The van der Waals surface area contributed by atoms with Crippen LogP contribution in [0.25, 0.3) is 16.7 Å². The van der Waals surface area contributed by atoms with Crippen LogP contribution in [-0.4, -0.2) is 20.1 Å². The molecule has 2 aromatic carbocycles. The Morgan fingerprint density at radius 3 is 2.08 bits per heavy atom. The summed E-state index contributed by atoms with van der Waals surface area (Å²) in [5.74, 6) is 1.43. The Labute approximate surface area is 155 Å². The lowest BCUT2D eigenvalue weighted by atomic mass is 9.92. The molecule has 0 radical (unpaired) electrons. The molecule has 2 atom stereocenters. The molecule has 3 rings (SSSR count). The van der Waals surface area contributed by atoms with Crippen molar-refractivity contribution in [2.75, 3.05) is 0 Å². The second-order valence-electron chi connectivity index (χ2n) is 7.54. The van der Waals surface area contributed by atoms with Gasteiger partial charge in [-0.1, -0.05) is 58.7 Å². The SMILES string of the molecule is CCC(C)Cc1cc(CC(C)CC)c(O)c(-n2nc3ccccc3n2)c1. The minimum absolute atomic E-state index is 0.304. The van der Waals surface area contributed by atoms with E-state index in [0.29, 0.717) is 23.3 Å². The van der Waals surface area contributed by atoms with Gasteiger partial charge in [-0.05, 0) is 54.0 Å². The van der Waals surface area contributed by atoms with Gasteiger partial charge in [0.2, 0.25) is 0 Å². The maximum Gasteiger partial charge on any atom is 0.146 e. The molecule has 0 aliphatic carbocycles. The first kappa shape index (κ1) is 18.4. The Morgan fingerprint density at radius 1 is 0.923 bits per heavy atom. The minimum atomic E-state index is 0.304. The highest BCUT2D eigenvalue weighted by Gasteiger charge is 2.17. The van der Waals surface area contributed by atoms with Crippen molar-refractivity contribution >= 4 is 11.0 Å². The largest absolute Gasteiger partial charge is 0.505 e. The van der Waals surface area contributed by atoms with Crippen molar-refractivity contribution in [2.24, 2.45) is 11.8 Å². The average molecular weight is 351 g/mol. The first-order valence-corrected chi connectivity index (χ1v) is 9.69. The van der Waals surface area contributed by atoms with Gasteiger partial charge in [-0.3, -0.25) is 0 Å². The Hall–Kier alpha value is -2.36. The normalized spacial score (nSPS) is 13.8. The first-order chi connectivity index (χ1) is 12.5. The molecule has 0 saturated heterocycles. The highest BCUT2D eigenvalue weighted by Crippen LogP contribution is 2.31. The van der Waals surface area contributed by atoms with Gasteiger partial charge in [-0.2, -0.15) is 0 Å². The van der Waals surface area contributed by atoms with Crippen molar-refractivity contribution in [3.8, 4) is 11.4 Å². The fourth-order valence-corrected chi connectivity index (χ4v) is 3.20. The fraction of sp³-hybridized carbons (Fsp3) is 0.455. The van der Waals surface area contributed by atoms with Crippen LogP contribution >= 0.6 is 0 Å². The number of benzene rings is 2. The zero-order chi connectivity index (χ0) is 18.7. The number of rotatable bonds is 7. The summed E-state index contributed by atoms with van der Waals surface area (Å²) in [6.45, 7) is 8.89. The quantitative estimate of drug-likeness (QED) is 0.628. The number of fused-ring (bicyclic) bond motifs is 1. The van der Waals surface area contributed by atoms with Crippen LogP contribution in [-0.2, 0) is 12.8 Å². The molecule has 3 aromatic rings. The maximum atomic E-state index is 10.9. The first-order valence-electron chi connectivity index (χ1n) is 9.69. The van der Waals surface area contributed by atoms with E-state index >= 15 is 0 Å². The molecular formula is C22H29N3O. The third-order valence-corrected chi connectivity index (χ3v) is 5.28. The number of phenolic OH excluding ortho intramolecular Hbond substituents is 1. The maximum absolute atomic E-state index is 10.9. The molecule has 0 saturated carbocycles. The molecule has 0 fully saturated rings. The summed E-state index contributed by atoms with van der Waals surface area (Å²) in [5.41, 5.74) is 4.59. The molecule has 0 bridgehead atoms. The zero-order valence-electron chi connectivity index (χ0n) is 16.2. The number of hydrogen-bond acceptors (Lipinski definition) is 3. The molecule has 138 valence electrons. The van der Waals surface area contributed by atoms with Crippen LogP contribution in [0.3, 0.4) is 0 Å². The van der Waals surface area contributed by atoms with Gasteiger partial charge in [-0.25, -0.2) is 0 Å². The summed E-state index contributed by atoms with van der Waals surface area (Å²) in [5, 5.41) is 20.1. The molecule has 0 aliphatic heterocycles. The number of nitrogens with zero attached hydrogens (tertiary/aromatic N) is 3. The van der Waals surface area contributed by atoms with Crippen molar-refractivity contribution < 1.29 is 5.11 Å². The lowest BCUT2D eigenvalue weighted by molar-refractivity contribution is 0.449. The van der Waals surface area contributed by atoms with Gasteiger partial charge in [0, 0.05) is 0 Å². The summed E-state index contributed by atoms with van der Waals surface area (Å²) >= 11 is 0. The van der Waals surface area contributed by atoms with Crippen LogP contribution in [0.5, 0.6) is 5.75 Å². The van der Waals surface area contributed by atoms with E-state index in [0.717, 1.165) is 42.3 Å². The standard InChI is InChI=1S/C22H29N3O/c1-5-15(3)11-17-13-18(12-16(4)6-2)22(26)21(14-17)25-23-19-9-7-8-10-20(19)24-25/h7-10,13-16,26H,5-6,11-12H2,1-4H3. The highest BCUT2D eigenvalue weighted by molar-refractivity contribution is 5.73. The van der Waals surface area contributed by atoms with Crippen LogP contribution in [0, 0.1) is 11.8 Å². The third-order valence-electron chi connectivity index (χ3n) is 5.28. The molecule has 4 heteroatoms. The molecule has 1 heterocycles. The molecule has 1 aromatic heterocycles. The lowest BCUT2D eigenvalue weighted by Crippen LogP contribution is -2.07. The smallest absolute Gasteiger partial charge is 0.146 e. The van der Waals surface area contributed by atoms with Crippen LogP contribution < -0.4 is 0 Å². The van der Waals surface area contributed by atoms with Crippen LogP contribution in [0.2, 0.25) is 0 Å². The van der Waals surface area contributed by atoms with E-state index < -0.39 is 0 Å². The summed E-state index contributed by atoms with van der Waals surface area (Å²) < 4.78 is 0. The average Bonchev–Trinajstić information content (AvgIpc) is 3.07. The van der Waals surface area contributed by atoms with E-state index in [9.17, 15) is 5.11 Å². The number of phenols is 1. The summed E-state index contributed by atoms with van der Waals surface area (Å²) in [6, 6.07) is 12.0. The zero-order valence-corrected chi connectivity index (χ0v) is 16.2. The van der Waals surface area contributed by atoms with Gasteiger partial charge in [0.15, 0.2) is 0 Å². The van der Waals surface area contributed by atoms with Crippen LogP contribution in [0.15, 0.2) is 36.4 Å². The predicted molar refractivity (Wildman–Crippen MR) is 107 cm³/mol. The van der Waals surface area contributed by atoms with Crippen LogP contribution in [0.4, 0.5) is 0 Å². The Bertz CT molecular complexity index is 851. The summed E-state index contributed by atoms with van der Waals surface area (Å²) in [6.07, 6.45) is 4.09. The Kier molecular flexibility index (Phi) is 5.60. The molecule has 2 unspecified atom stereocenters. The molecule has 1 N–H and O–H groups in total. The number of hydrogen-bond donors (Lipinski definition) is 1. The van der Waals surface area contributed by atoms with Crippen molar-refractivity contribution in [3.05, 3.63) is 47.5 Å². The second-order valence-corrected chi connectivity index (χ2v) is 7.54. The Morgan fingerprint density at radius 2 is 1.50 bits per heavy atom. The van der Waals surface area contributed by atoms with Crippen molar-refractivity contribution in [1.29, 1.82) is 0 Å². The Balaban J connectivity index is 2.09. The van der Waals surface area contributed by atoms with Crippen LogP contribution in [0.1, 0.15) is 51.7 Å². The number of aromatic hydroxyl groups is 1. The van der Waals surface area contributed by atoms with E-state index in [-0.39, 0.29) is 0 Å². The van der Waals surface area contributed by atoms with Gasteiger partial charge in [0.05, 0.1) is 0 Å². The monoisotopic (exact) mass is 351 g/mol. The molecule has 0 aliphatic rings. The minimum Gasteiger partial charge on any atom is -0.505 e. The van der Waals surface area contributed by atoms with Gasteiger partial charge >= 0.3 is 0 Å². The lowest BCUT2D eigenvalue weighted by Gasteiger charge is -2.16. The van der Waals surface area contributed by atoms with Gasteiger partial charge < -0.3 is 5.11 Å². The van der Waals surface area contributed by atoms with E-state index in [2.05, 4.69) is 44.0 Å². The van der Waals surface area contributed by atoms with E-state index in [1.54, 1.807) is 4.80 Å². The fourth-order valence-electron chi connectivity index (χ4n) is 3.20. The van der Waals surface area contributed by atoms with Crippen molar-refractivity contribution in [1.82, 2.24) is 15.0 Å². The molecule has 4 nitrogen and oxygen atoms in total. The molecule has 0 spiro atoms. The summed E-state index contributed by atoms with van der Waals surface area (Å²) in [7, 11) is 0. The topological polar surface area (TPSA) is 50.9 Å².